The number of hydrogen-bond acceptors (Lipinski definition) is 3. The topological polar surface area (TPSA) is 47.4 Å². The SMILES string of the molecule is C=CCN(Cc1ccc(OC)cc1)C(=O)c1cccc(Cn2nc(C)cc2C)c1. The van der Waals surface area contributed by atoms with Crippen LogP contribution in [0.25, 0.3) is 0 Å². The Bertz CT molecular complexity index is 990. The van der Waals surface area contributed by atoms with Crippen LogP contribution < -0.4 is 4.74 Å². The highest BCUT2D eigenvalue weighted by molar-refractivity contribution is 5.94. The minimum Gasteiger partial charge on any atom is -0.497 e. The second-order valence-corrected chi connectivity index (χ2v) is 7.11. The molecule has 2 aromatic carbocycles. The van der Waals surface area contributed by atoms with Crippen molar-refractivity contribution in [2.75, 3.05) is 13.7 Å². The van der Waals surface area contributed by atoms with Gasteiger partial charge in [-0.1, -0.05) is 30.3 Å². The number of carbonyl (C=O) groups is 1. The summed E-state index contributed by atoms with van der Waals surface area (Å²) in [5.74, 6) is 0.781. The Hall–Kier alpha value is -3.34. The van der Waals surface area contributed by atoms with Crippen LogP contribution in [0, 0.1) is 13.8 Å². The second kappa shape index (κ2) is 9.24. The molecule has 1 aromatic heterocycles. The molecule has 3 aromatic rings. The van der Waals surface area contributed by atoms with Gasteiger partial charge >= 0.3 is 0 Å². The molecule has 0 unspecified atom stereocenters. The molecule has 0 spiro atoms. The molecular weight excluding hydrogens is 362 g/mol. The number of hydrogen-bond donors (Lipinski definition) is 0. The van der Waals surface area contributed by atoms with Crippen molar-refractivity contribution in [3.05, 3.63) is 95.3 Å². The van der Waals surface area contributed by atoms with Gasteiger partial charge in [0, 0.05) is 24.3 Å². The standard InChI is InChI=1S/C24H27N3O2/c1-5-13-26(16-20-9-11-23(29-4)12-10-20)24(28)22-8-6-7-21(15-22)17-27-19(3)14-18(2)25-27/h5-12,14-15H,1,13,16-17H2,2-4H3. The number of aryl methyl sites for hydroxylation is 2. The Balaban J connectivity index is 1.78. The van der Waals surface area contributed by atoms with Gasteiger partial charge in [0.05, 0.1) is 19.3 Å². The molecule has 1 heterocycles. The Morgan fingerprint density at radius 1 is 1.14 bits per heavy atom. The van der Waals surface area contributed by atoms with Crippen LogP contribution in [0.2, 0.25) is 0 Å². The summed E-state index contributed by atoms with van der Waals surface area (Å²) >= 11 is 0. The van der Waals surface area contributed by atoms with E-state index in [1.807, 2.05) is 67.1 Å². The van der Waals surface area contributed by atoms with Crippen molar-refractivity contribution in [1.29, 1.82) is 0 Å². The van der Waals surface area contributed by atoms with E-state index in [4.69, 9.17) is 4.74 Å². The first-order valence-corrected chi connectivity index (χ1v) is 9.63. The van der Waals surface area contributed by atoms with Gasteiger partial charge in [-0.3, -0.25) is 9.48 Å². The van der Waals surface area contributed by atoms with Crippen LogP contribution in [0.4, 0.5) is 0 Å². The fourth-order valence-electron chi connectivity index (χ4n) is 3.32. The highest BCUT2D eigenvalue weighted by atomic mass is 16.5. The molecule has 0 saturated carbocycles. The van der Waals surface area contributed by atoms with Crippen molar-refractivity contribution in [2.24, 2.45) is 0 Å². The van der Waals surface area contributed by atoms with Crippen molar-refractivity contribution in [3.63, 3.8) is 0 Å². The molecule has 0 atom stereocenters. The average molecular weight is 389 g/mol. The van der Waals surface area contributed by atoms with Crippen molar-refractivity contribution >= 4 is 5.91 Å². The van der Waals surface area contributed by atoms with Crippen LogP contribution in [0.3, 0.4) is 0 Å². The summed E-state index contributed by atoms with van der Waals surface area (Å²) in [4.78, 5) is 15.0. The van der Waals surface area contributed by atoms with E-state index in [9.17, 15) is 4.79 Å². The first kappa shape index (κ1) is 20.4. The van der Waals surface area contributed by atoms with Crippen LogP contribution in [0.1, 0.15) is 32.9 Å². The number of benzene rings is 2. The summed E-state index contributed by atoms with van der Waals surface area (Å²) in [5, 5.41) is 4.51. The van der Waals surface area contributed by atoms with Crippen LogP contribution in [0.15, 0.2) is 67.3 Å². The molecule has 3 rings (SSSR count). The van der Waals surface area contributed by atoms with E-state index in [0.717, 1.165) is 28.3 Å². The zero-order valence-electron chi connectivity index (χ0n) is 17.3. The van der Waals surface area contributed by atoms with Gasteiger partial charge in [-0.05, 0) is 55.3 Å². The number of aromatic nitrogens is 2. The molecule has 0 aliphatic heterocycles. The Morgan fingerprint density at radius 2 is 1.90 bits per heavy atom. The Labute approximate surface area is 172 Å². The Kier molecular flexibility index (Phi) is 6.50. The average Bonchev–Trinajstić information content (AvgIpc) is 3.04. The smallest absolute Gasteiger partial charge is 0.254 e. The lowest BCUT2D eigenvalue weighted by Gasteiger charge is -2.22. The van der Waals surface area contributed by atoms with Gasteiger partial charge in [0.2, 0.25) is 0 Å². The molecule has 150 valence electrons. The summed E-state index contributed by atoms with van der Waals surface area (Å²) in [6.45, 7) is 9.45. The van der Waals surface area contributed by atoms with Crippen LogP contribution in [-0.4, -0.2) is 34.2 Å². The van der Waals surface area contributed by atoms with Crippen LogP contribution in [-0.2, 0) is 13.1 Å². The number of methoxy groups -OCH3 is 1. The van der Waals surface area contributed by atoms with E-state index in [2.05, 4.69) is 17.7 Å². The molecule has 0 aliphatic carbocycles. The molecule has 0 fully saturated rings. The molecule has 1 amide bonds. The summed E-state index contributed by atoms with van der Waals surface area (Å²) < 4.78 is 7.16. The summed E-state index contributed by atoms with van der Waals surface area (Å²) in [6, 6.07) is 17.6. The normalized spacial score (nSPS) is 10.6. The first-order chi connectivity index (χ1) is 14.0. The lowest BCUT2D eigenvalue weighted by Crippen LogP contribution is -2.30. The molecule has 0 radical (unpaired) electrons. The minimum absolute atomic E-state index is 0.0177. The highest BCUT2D eigenvalue weighted by Crippen LogP contribution is 2.16. The predicted octanol–water partition coefficient (Wildman–Crippen LogP) is 4.39. The third-order valence-electron chi connectivity index (χ3n) is 4.78. The third-order valence-corrected chi connectivity index (χ3v) is 4.78. The fraction of sp³-hybridized carbons (Fsp3) is 0.250. The number of carbonyl (C=O) groups excluding carboxylic acids is 1. The molecule has 5 heteroatoms. The summed E-state index contributed by atoms with van der Waals surface area (Å²) in [6.07, 6.45) is 1.75. The minimum atomic E-state index is -0.0177. The van der Waals surface area contributed by atoms with Crippen molar-refractivity contribution in [2.45, 2.75) is 26.9 Å². The van der Waals surface area contributed by atoms with Gasteiger partial charge < -0.3 is 9.64 Å². The quantitative estimate of drug-likeness (QED) is 0.537. The molecule has 5 nitrogen and oxygen atoms in total. The molecule has 0 bridgehead atoms. The second-order valence-electron chi connectivity index (χ2n) is 7.11. The van der Waals surface area contributed by atoms with E-state index in [-0.39, 0.29) is 5.91 Å². The van der Waals surface area contributed by atoms with Gasteiger partial charge in [-0.25, -0.2) is 0 Å². The van der Waals surface area contributed by atoms with E-state index >= 15 is 0 Å². The number of ether oxygens (including phenoxy) is 1. The first-order valence-electron chi connectivity index (χ1n) is 9.63. The summed E-state index contributed by atoms with van der Waals surface area (Å²) in [7, 11) is 1.64. The van der Waals surface area contributed by atoms with Crippen LogP contribution in [0.5, 0.6) is 5.75 Å². The predicted molar refractivity (Wildman–Crippen MR) is 115 cm³/mol. The molecule has 0 saturated heterocycles. The largest absolute Gasteiger partial charge is 0.497 e. The maximum absolute atomic E-state index is 13.2. The van der Waals surface area contributed by atoms with E-state index in [1.54, 1.807) is 18.1 Å². The molecular formula is C24H27N3O2. The molecule has 0 aliphatic rings. The lowest BCUT2D eigenvalue weighted by atomic mass is 10.1. The van der Waals surface area contributed by atoms with Crippen molar-refractivity contribution in [3.8, 4) is 5.75 Å². The number of nitrogens with zero attached hydrogens (tertiary/aromatic N) is 3. The lowest BCUT2D eigenvalue weighted by molar-refractivity contribution is 0.0762. The Morgan fingerprint density at radius 3 is 2.52 bits per heavy atom. The number of rotatable bonds is 8. The van der Waals surface area contributed by atoms with Crippen LogP contribution >= 0.6 is 0 Å². The van der Waals surface area contributed by atoms with E-state index < -0.39 is 0 Å². The van der Waals surface area contributed by atoms with E-state index in [0.29, 0.717) is 25.2 Å². The third kappa shape index (κ3) is 5.13. The zero-order chi connectivity index (χ0) is 20.8. The maximum atomic E-state index is 13.2. The maximum Gasteiger partial charge on any atom is 0.254 e. The van der Waals surface area contributed by atoms with Gasteiger partial charge in [-0.2, -0.15) is 5.10 Å². The molecule has 0 N–H and O–H groups in total. The zero-order valence-corrected chi connectivity index (χ0v) is 17.3. The highest BCUT2D eigenvalue weighted by Gasteiger charge is 2.16. The number of amides is 1. The fourth-order valence-corrected chi connectivity index (χ4v) is 3.32. The van der Waals surface area contributed by atoms with Crippen molar-refractivity contribution in [1.82, 2.24) is 14.7 Å². The van der Waals surface area contributed by atoms with Gasteiger partial charge in [0.25, 0.3) is 5.91 Å². The van der Waals surface area contributed by atoms with Gasteiger partial charge in [0.1, 0.15) is 5.75 Å². The van der Waals surface area contributed by atoms with Crippen molar-refractivity contribution < 1.29 is 9.53 Å². The monoisotopic (exact) mass is 389 g/mol. The van der Waals surface area contributed by atoms with E-state index in [1.165, 1.54) is 0 Å². The van der Waals surface area contributed by atoms with Gasteiger partial charge in [0.15, 0.2) is 0 Å². The van der Waals surface area contributed by atoms with Gasteiger partial charge in [-0.15, -0.1) is 6.58 Å². The molecule has 29 heavy (non-hydrogen) atoms. The summed E-state index contributed by atoms with van der Waals surface area (Å²) in [5.41, 5.74) is 4.85.